The van der Waals surface area contributed by atoms with Gasteiger partial charge >= 0.3 is 0 Å². The molecule has 0 N–H and O–H groups in total. The molecule has 0 saturated heterocycles. The van der Waals surface area contributed by atoms with Crippen LogP contribution in [0.5, 0.6) is 0 Å². The highest BCUT2D eigenvalue weighted by Gasteiger charge is 2.47. The van der Waals surface area contributed by atoms with Crippen LogP contribution in [0.15, 0.2) is 22.2 Å². The lowest BCUT2D eigenvalue weighted by Crippen LogP contribution is -2.37. The third-order valence-electron chi connectivity index (χ3n) is 1.86. The molecule has 0 unspecified atom stereocenters. The number of ether oxygens (including phenoxy) is 1. The molecule has 0 spiro atoms. The van der Waals surface area contributed by atoms with Crippen LogP contribution in [0.1, 0.15) is 0 Å². The van der Waals surface area contributed by atoms with Crippen molar-refractivity contribution >= 4 is 46.4 Å². The van der Waals surface area contributed by atoms with Crippen molar-refractivity contribution in [3.8, 4) is 0 Å². The molecule has 2 rings (SSSR count). The average molecular weight is 246 g/mol. The van der Waals surface area contributed by atoms with Crippen molar-refractivity contribution in [2.75, 3.05) is 0 Å². The molecule has 0 aromatic carbocycles. The van der Waals surface area contributed by atoms with Gasteiger partial charge in [0.25, 0.3) is 0 Å². The zero-order chi connectivity index (χ0) is 8.93. The van der Waals surface area contributed by atoms with Gasteiger partial charge in [-0.3, -0.25) is 0 Å². The van der Waals surface area contributed by atoms with Crippen molar-refractivity contribution in [1.82, 2.24) is 0 Å². The molecule has 0 saturated carbocycles. The predicted molar refractivity (Wildman–Crippen MR) is 51.0 cm³/mol. The van der Waals surface area contributed by atoms with Crippen molar-refractivity contribution < 1.29 is 4.74 Å². The van der Waals surface area contributed by atoms with Crippen molar-refractivity contribution in [3.63, 3.8) is 0 Å². The second kappa shape index (κ2) is 2.79. The Labute approximate surface area is 89.9 Å². The minimum atomic E-state index is -1.23. The van der Waals surface area contributed by atoms with Gasteiger partial charge in [0.2, 0.25) is 0 Å². The topological polar surface area (TPSA) is 9.23 Å². The summed E-state index contributed by atoms with van der Waals surface area (Å²) in [6.07, 6.45) is 2.90. The van der Waals surface area contributed by atoms with Crippen LogP contribution in [0.3, 0.4) is 0 Å². The van der Waals surface area contributed by atoms with Gasteiger partial charge in [0, 0.05) is 0 Å². The van der Waals surface area contributed by atoms with Gasteiger partial charge in [-0.15, -0.1) is 0 Å². The van der Waals surface area contributed by atoms with Crippen molar-refractivity contribution in [2.45, 2.75) is 16.5 Å². The first-order valence-corrected chi connectivity index (χ1v) is 4.82. The van der Waals surface area contributed by atoms with Crippen LogP contribution >= 0.6 is 46.4 Å². The van der Waals surface area contributed by atoms with Crippen LogP contribution in [-0.2, 0) is 4.74 Å². The first-order chi connectivity index (χ1) is 5.53. The van der Waals surface area contributed by atoms with Crippen LogP contribution in [0, 0.1) is 0 Å². The zero-order valence-electron chi connectivity index (χ0n) is 5.73. The first kappa shape index (κ1) is 9.17. The Hall–Kier alpha value is 0.600. The van der Waals surface area contributed by atoms with Crippen LogP contribution in [0.25, 0.3) is 0 Å². The van der Waals surface area contributed by atoms with E-state index < -0.39 is 4.33 Å². The summed E-state index contributed by atoms with van der Waals surface area (Å²) in [5, 5.41) is 0.630. The minimum Gasteiger partial charge on any atom is -0.358 e. The lowest BCUT2D eigenvalue weighted by molar-refractivity contribution is 0.0704. The van der Waals surface area contributed by atoms with Crippen LogP contribution in [-0.4, -0.2) is 16.5 Å². The predicted octanol–water partition coefficient (Wildman–Crippen LogP) is 3.19. The van der Waals surface area contributed by atoms with Gasteiger partial charge in [-0.05, 0) is 0 Å². The third-order valence-corrected chi connectivity index (χ3v) is 3.87. The van der Waals surface area contributed by atoms with E-state index in [2.05, 4.69) is 0 Å². The Morgan fingerprint density at radius 3 is 2.58 bits per heavy atom. The maximum atomic E-state index is 5.93. The van der Waals surface area contributed by atoms with Gasteiger partial charge in [0.1, 0.15) is 12.2 Å². The van der Waals surface area contributed by atoms with E-state index in [1.54, 1.807) is 12.2 Å². The zero-order valence-corrected chi connectivity index (χ0v) is 8.75. The quantitative estimate of drug-likeness (QED) is 0.471. The van der Waals surface area contributed by atoms with Crippen molar-refractivity contribution in [2.24, 2.45) is 0 Å². The van der Waals surface area contributed by atoms with E-state index in [0.717, 1.165) is 0 Å². The molecule has 0 fully saturated rings. The van der Waals surface area contributed by atoms with Gasteiger partial charge in [-0.2, -0.15) is 0 Å². The van der Waals surface area contributed by atoms with E-state index in [1.807, 2.05) is 0 Å². The molecule has 2 aliphatic rings. The first-order valence-electron chi connectivity index (χ1n) is 3.30. The molecule has 1 nitrogen and oxygen atoms in total. The van der Waals surface area contributed by atoms with Crippen LogP contribution in [0.4, 0.5) is 0 Å². The number of hydrogen-bond donors (Lipinski definition) is 0. The van der Waals surface area contributed by atoms with E-state index in [9.17, 15) is 0 Å². The second-order valence-corrected chi connectivity index (χ2v) is 4.82. The van der Waals surface area contributed by atoms with Crippen molar-refractivity contribution in [1.29, 1.82) is 0 Å². The highest BCUT2D eigenvalue weighted by molar-refractivity contribution is 6.58. The second-order valence-electron chi connectivity index (χ2n) is 2.65. The maximum absolute atomic E-state index is 5.93. The number of alkyl halides is 2. The summed E-state index contributed by atoms with van der Waals surface area (Å²) in [7, 11) is 0. The molecule has 2 heterocycles. The Morgan fingerprint density at radius 2 is 1.92 bits per heavy atom. The lowest BCUT2D eigenvalue weighted by Gasteiger charge is -2.31. The molecule has 0 amide bonds. The van der Waals surface area contributed by atoms with E-state index >= 15 is 0 Å². The molecule has 12 heavy (non-hydrogen) atoms. The number of halogens is 4. The molecule has 2 bridgehead atoms. The fourth-order valence-corrected chi connectivity index (χ4v) is 2.25. The fourth-order valence-electron chi connectivity index (χ4n) is 1.21. The summed E-state index contributed by atoms with van der Waals surface area (Å²) < 4.78 is 4.11. The molecule has 66 valence electrons. The lowest BCUT2D eigenvalue weighted by atomic mass is 10.2. The van der Waals surface area contributed by atoms with Crippen molar-refractivity contribution in [3.05, 3.63) is 22.2 Å². The standard InChI is InChI=1S/C7H4Cl4O/c8-5-3-1-2-4(12-3)7(10,11)6(5)9/h1-4H/t3-,4-/m0/s1. The summed E-state index contributed by atoms with van der Waals surface area (Å²) in [5.74, 6) is 0. The molecular formula is C7H4Cl4O. The number of fused-ring (bicyclic) bond motifs is 2. The maximum Gasteiger partial charge on any atom is 0.184 e. The van der Waals surface area contributed by atoms with E-state index in [0.29, 0.717) is 5.03 Å². The summed E-state index contributed by atoms with van der Waals surface area (Å²) in [6, 6.07) is 0. The normalized spacial score (nSPS) is 37.7. The average Bonchev–Trinajstić information content (AvgIpc) is 2.46. The molecule has 0 radical (unpaired) electrons. The monoisotopic (exact) mass is 244 g/mol. The molecule has 2 atom stereocenters. The largest absolute Gasteiger partial charge is 0.358 e. The number of rotatable bonds is 0. The molecular weight excluding hydrogens is 242 g/mol. The van der Waals surface area contributed by atoms with Crippen LogP contribution < -0.4 is 0 Å². The highest BCUT2D eigenvalue weighted by atomic mass is 35.5. The smallest absolute Gasteiger partial charge is 0.184 e. The Kier molecular flexibility index (Phi) is 2.13. The minimum absolute atomic E-state index is 0.263. The summed E-state index contributed by atoms with van der Waals surface area (Å²) in [6.45, 7) is 0. The summed E-state index contributed by atoms with van der Waals surface area (Å²) in [5.41, 5.74) is 0. The fraction of sp³-hybridized carbons (Fsp3) is 0.429. The van der Waals surface area contributed by atoms with Gasteiger partial charge < -0.3 is 4.74 Å². The highest BCUT2D eigenvalue weighted by Crippen LogP contribution is 2.48. The number of hydrogen-bond acceptors (Lipinski definition) is 1. The van der Waals surface area contributed by atoms with E-state index in [-0.39, 0.29) is 17.2 Å². The van der Waals surface area contributed by atoms with Gasteiger partial charge in [0.15, 0.2) is 4.33 Å². The SMILES string of the molecule is ClC1=C(Cl)C(Cl)(Cl)[C@@H]2C=C[C@@H]1O2. The van der Waals surface area contributed by atoms with Gasteiger partial charge in [-0.1, -0.05) is 58.6 Å². The van der Waals surface area contributed by atoms with E-state index in [1.165, 1.54) is 0 Å². The van der Waals surface area contributed by atoms with Gasteiger partial charge in [-0.25, -0.2) is 0 Å². The Morgan fingerprint density at radius 1 is 1.25 bits per heavy atom. The van der Waals surface area contributed by atoms with Crippen LogP contribution in [0.2, 0.25) is 0 Å². The molecule has 5 heteroatoms. The molecule has 0 aromatic rings. The molecule has 2 aliphatic heterocycles. The Balaban J connectivity index is 2.51. The molecule has 0 aromatic heterocycles. The summed E-state index contributed by atoms with van der Waals surface area (Å²) in [4.78, 5) is 0. The third kappa shape index (κ3) is 1.11. The Bertz CT molecular complexity index is 281. The molecule has 0 aliphatic carbocycles. The van der Waals surface area contributed by atoms with E-state index in [4.69, 9.17) is 51.1 Å². The van der Waals surface area contributed by atoms with Gasteiger partial charge in [0.05, 0.1) is 10.1 Å². The summed E-state index contributed by atoms with van der Waals surface area (Å²) >= 11 is 23.5.